The predicted molar refractivity (Wildman–Crippen MR) is 70.1 cm³/mol. The van der Waals surface area contributed by atoms with Crippen molar-refractivity contribution in [3.8, 4) is 0 Å². The number of nitrogens with two attached hydrogens (primary N) is 1. The van der Waals surface area contributed by atoms with Gasteiger partial charge in [0.15, 0.2) is 0 Å². The smallest absolute Gasteiger partial charge is 0.255 e. The third-order valence-corrected chi connectivity index (χ3v) is 3.92. The van der Waals surface area contributed by atoms with E-state index in [0.717, 1.165) is 0 Å². The second kappa shape index (κ2) is 4.57. The Morgan fingerprint density at radius 3 is 2.76 bits per heavy atom. The fraction of sp³-hybridized carbons (Fsp3) is 0.462. The molecule has 92 valence electrons. The van der Waals surface area contributed by atoms with Crippen LogP contribution in [0.1, 0.15) is 30.1 Å². The minimum atomic E-state index is -0.0540. The SMILES string of the molecule is CC(C1CC1)N(C)C(=O)c1cccc(N)c1Cl. The van der Waals surface area contributed by atoms with E-state index in [4.69, 9.17) is 17.3 Å². The molecule has 1 fully saturated rings. The first-order valence-corrected chi connectivity index (χ1v) is 6.21. The zero-order valence-corrected chi connectivity index (χ0v) is 10.9. The molecule has 0 aliphatic heterocycles. The van der Waals surface area contributed by atoms with Crippen molar-refractivity contribution in [1.82, 2.24) is 4.90 Å². The number of hydrogen-bond acceptors (Lipinski definition) is 2. The zero-order chi connectivity index (χ0) is 12.6. The van der Waals surface area contributed by atoms with Gasteiger partial charge in [0, 0.05) is 13.1 Å². The highest BCUT2D eigenvalue weighted by Crippen LogP contribution is 2.35. The number of hydrogen-bond donors (Lipinski definition) is 1. The molecule has 2 N–H and O–H groups in total. The fourth-order valence-corrected chi connectivity index (χ4v) is 2.19. The molecule has 1 aromatic carbocycles. The number of halogens is 1. The maximum atomic E-state index is 12.3. The lowest BCUT2D eigenvalue weighted by atomic mass is 10.1. The summed E-state index contributed by atoms with van der Waals surface area (Å²) >= 11 is 6.06. The van der Waals surface area contributed by atoms with Crippen LogP contribution in [-0.2, 0) is 0 Å². The van der Waals surface area contributed by atoms with Crippen LogP contribution in [0.3, 0.4) is 0 Å². The molecular weight excluding hydrogens is 236 g/mol. The van der Waals surface area contributed by atoms with E-state index in [1.54, 1.807) is 23.1 Å². The van der Waals surface area contributed by atoms with Gasteiger partial charge in [-0.1, -0.05) is 17.7 Å². The summed E-state index contributed by atoms with van der Waals surface area (Å²) in [5.74, 6) is 0.588. The van der Waals surface area contributed by atoms with Crippen molar-refractivity contribution in [2.75, 3.05) is 12.8 Å². The highest BCUT2D eigenvalue weighted by molar-refractivity contribution is 6.36. The first kappa shape index (κ1) is 12.2. The third-order valence-electron chi connectivity index (χ3n) is 3.49. The van der Waals surface area contributed by atoms with E-state index in [1.807, 2.05) is 7.05 Å². The van der Waals surface area contributed by atoms with Gasteiger partial charge in [-0.05, 0) is 37.8 Å². The van der Waals surface area contributed by atoms with E-state index < -0.39 is 0 Å². The monoisotopic (exact) mass is 252 g/mol. The molecule has 1 unspecified atom stereocenters. The molecule has 1 aliphatic carbocycles. The van der Waals surface area contributed by atoms with Gasteiger partial charge >= 0.3 is 0 Å². The number of amides is 1. The zero-order valence-electron chi connectivity index (χ0n) is 10.1. The molecular formula is C13H17ClN2O. The van der Waals surface area contributed by atoms with Crippen LogP contribution in [0.25, 0.3) is 0 Å². The number of nitrogen functional groups attached to an aromatic ring is 1. The quantitative estimate of drug-likeness (QED) is 0.841. The van der Waals surface area contributed by atoms with Crippen LogP contribution >= 0.6 is 11.6 Å². The minimum absolute atomic E-state index is 0.0540. The Labute approximate surface area is 107 Å². The number of rotatable bonds is 3. The molecule has 0 spiro atoms. The van der Waals surface area contributed by atoms with E-state index in [2.05, 4.69) is 6.92 Å². The number of nitrogens with zero attached hydrogens (tertiary/aromatic N) is 1. The van der Waals surface area contributed by atoms with Crippen molar-refractivity contribution in [1.29, 1.82) is 0 Å². The summed E-state index contributed by atoms with van der Waals surface area (Å²) in [6.07, 6.45) is 2.42. The van der Waals surface area contributed by atoms with Gasteiger partial charge in [-0.3, -0.25) is 4.79 Å². The molecule has 0 heterocycles. The van der Waals surface area contributed by atoms with E-state index >= 15 is 0 Å². The van der Waals surface area contributed by atoms with Gasteiger partial charge < -0.3 is 10.6 Å². The molecule has 0 radical (unpaired) electrons. The molecule has 17 heavy (non-hydrogen) atoms. The van der Waals surface area contributed by atoms with Crippen LogP contribution in [0.4, 0.5) is 5.69 Å². The first-order valence-electron chi connectivity index (χ1n) is 5.83. The van der Waals surface area contributed by atoms with Crippen molar-refractivity contribution in [3.05, 3.63) is 28.8 Å². The number of carbonyl (C=O) groups is 1. The highest BCUT2D eigenvalue weighted by Gasteiger charge is 2.33. The lowest BCUT2D eigenvalue weighted by molar-refractivity contribution is 0.0727. The molecule has 0 saturated heterocycles. The molecule has 1 saturated carbocycles. The molecule has 1 aliphatic rings. The van der Waals surface area contributed by atoms with Crippen molar-refractivity contribution in [3.63, 3.8) is 0 Å². The van der Waals surface area contributed by atoms with Gasteiger partial charge in [-0.25, -0.2) is 0 Å². The Morgan fingerprint density at radius 1 is 1.53 bits per heavy atom. The van der Waals surface area contributed by atoms with Gasteiger partial charge in [0.1, 0.15) is 0 Å². The Morgan fingerprint density at radius 2 is 2.18 bits per heavy atom. The van der Waals surface area contributed by atoms with E-state index in [0.29, 0.717) is 22.2 Å². The largest absolute Gasteiger partial charge is 0.398 e. The van der Waals surface area contributed by atoms with Gasteiger partial charge in [0.2, 0.25) is 0 Å². The standard InChI is InChI=1S/C13H17ClN2O/c1-8(9-6-7-9)16(2)13(17)10-4-3-5-11(15)12(10)14/h3-5,8-9H,6-7,15H2,1-2H3. The molecule has 1 atom stereocenters. The van der Waals surface area contributed by atoms with Crippen molar-refractivity contribution >= 4 is 23.2 Å². The summed E-state index contributed by atoms with van der Waals surface area (Å²) in [6.45, 7) is 2.08. The summed E-state index contributed by atoms with van der Waals surface area (Å²) in [6, 6.07) is 5.44. The maximum absolute atomic E-state index is 12.3. The van der Waals surface area contributed by atoms with Crippen molar-refractivity contribution in [2.24, 2.45) is 5.92 Å². The van der Waals surface area contributed by atoms with Gasteiger partial charge in [-0.15, -0.1) is 0 Å². The fourth-order valence-electron chi connectivity index (χ4n) is 1.98. The van der Waals surface area contributed by atoms with Crippen LogP contribution in [0.2, 0.25) is 5.02 Å². The molecule has 2 rings (SSSR count). The summed E-state index contributed by atoms with van der Waals surface area (Å²) in [4.78, 5) is 14.0. The number of anilines is 1. The van der Waals surface area contributed by atoms with E-state index in [-0.39, 0.29) is 11.9 Å². The number of carbonyl (C=O) groups excluding carboxylic acids is 1. The van der Waals surface area contributed by atoms with Crippen LogP contribution in [-0.4, -0.2) is 23.9 Å². The second-order valence-corrected chi connectivity index (χ2v) is 5.08. The maximum Gasteiger partial charge on any atom is 0.255 e. The van der Waals surface area contributed by atoms with Crippen molar-refractivity contribution in [2.45, 2.75) is 25.8 Å². The summed E-state index contributed by atoms with van der Waals surface area (Å²) in [7, 11) is 1.82. The first-order chi connectivity index (χ1) is 8.02. The molecule has 1 aromatic rings. The molecule has 4 heteroatoms. The Kier molecular flexibility index (Phi) is 3.29. The molecule has 0 bridgehead atoms. The van der Waals surface area contributed by atoms with E-state index in [9.17, 15) is 4.79 Å². The summed E-state index contributed by atoms with van der Waals surface area (Å²) in [5.41, 5.74) is 6.64. The van der Waals surface area contributed by atoms with Gasteiger partial charge in [0.05, 0.1) is 16.3 Å². The second-order valence-electron chi connectivity index (χ2n) is 4.70. The molecule has 1 amide bonds. The average Bonchev–Trinajstić information content (AvgIpc) is 3.14. The molecule has 3 nitrogen and oxygen atoms in total. The topological polar surface area (TPSA) is 46.3 Å². The van der Waals surface area contributed by atoms with Crippen LogP contribution in [0, 0.1) is 5.92 Å². The summed E-state index contributed by atoms with van der Waals surface area (Å²) in [5, 5.41) is 0.354. The minimum Gasteiger partial charge on any atom is -0.398 e. The molecule has 0 aromatic heterocycles. The van der Waals surface area contributed by atoms with Gasteiger partial charge in [-0.2, -0.15) is 0 Å². The van der Waals surface area contributed by atoms with E-state index in [1.165, 1.54) is 12.8 Å². The number of benzene rings is 1. The summed E-state index contributed by atoms with van der Waals surface area (Å²) < 4.78 is 0. The van der Waals surface area contributed by atoms with Crippen LogP contribution in [0.15, 0.2) is 18.2 Å². The predicted octanol–water partition coefficient (Wildman–Crippen LogP) is 2.79. The highest BCUT2D eigenvalue weighted by atomic mass is 35.5. The lowest BCUT2D eigenvalue weighted by Gasteiger charge is -2.25. The van der Waals surface area contributed by atoms with Gasteiger partial charge in [0.25, 0.3) is 5.91 Å². The normalized spacial score (nSPS) is 16.6. The Hall–Kier alpha value is -1.22. The van der Waals surface area contributed by atoms with Crippen molar-refractivity contribution < 1.29 is 4.79 Å². The average molecular weight is 253 g/mol. The Bertz CT molecular complexity index is 443. The third kappa shape index (κ3) is 2.39. The van der Waals surface area contributed by atoms with Crippen LogP contribution < -0.4 is 5.73 Å². The lowest BCUT2D eigenvalue weighted by Crippen LogP contribution is -2.36. The van der Waals surface area contributed by atoms with Crippen LogP contribution in [0.5, 0.6) is 0 Å². The Balaban J connectivity index is 2.21.